The van der Waals surface area contributed by atoms with Gasteiger partial charge in [-0.3, -0.25) is 0 Å². The maximum absolute atomic E-state index is 12.9. The van der Waals surface area contributed by atoms with Crippen molar-refractivity contribution < 1.29 is 13.2 Å². The molecule has 0 spiro atoms. The molecule has 2 saturated heterocycles. The number of urea groups is 1. The van der Waals surface area contributed by atoms with E-state index in [1.165, 1.54) is 25.7 Å². The highest BCUT2D eigenvalue weighted by molar-refractivity contribution is 7.90. The van der Waals surface area contributed by atoms with Crippen LogP contribution in [0.15, 0.2) is 0 Å². The van der Waals surface area contributed by atoms with Crippen molar-refractivity contribution in [2.75, 3.05) is 26.2 Å². The van der Waals surface area contributed by atoms with Crippen molar-refractivity contribution >= 4 is 16.1 Å². The molecule has 6 nitrogen and oxygen atoms in total. The minimum atomic E-state index is -3.21. The summed E-state index contributed by atoms with van der Waals surface area (Å²) < 4.78 is 27.6. The fraction of sp³-hybridized carbons (Fsp3) is 0.950. The lowest BCUT2D eigenvalue weighted by atomic mass is 10.0. The first-order chi connectivity index (χ1) is 12.9. The van der Waals surface area contributed by atoms with Gasteiger partial charge in [-0.25, -0.2) is 17.5 Å². The summed E-state index contributed by atoms with van der Waals surface area (Å²) in [7, 11) is -3.21. The van der Waals surface area contributed by atoms with Crippen molar-refractivity contribution in [3.05, 3.63) is 0 Å². The van der Waals surface area contributed by atoms with Crippen LogP contribution in [0, 0.1) is 11.8 Å². The summed E-state index contributed by atoms with van der Waals surface area (Å²) in [5.74, 6) is 0.673. The second-order valence-electron chi connectivity index (χ2n) is 9.09. The zero-order chi connectivity index (χ0) is 19.4. The molecule has 2 amide bonds. The molecule has 2 aliphatic heterocycles. The number of rotatable bonds is 4. The Kier molecular flexibility index (Phi) is 7.06. The van der Waals surface area contributed by atoms with Crippen molar-refractivity contribution in [3.63, 3.8) is 0 Å². The highest BCUT2D eigenvalue weighted by Gasteiger charge is 2.46. The van der Waals surface area contributed by atoms with Crippen LogP contribution in [-0.4, -0.2) is 61.1 Å². The molecule has 2 heterocycles. The SMILES string of the molecule is CC(C)CCN1C[C@@H]2CCN(C(=O)NC3CCCCCC3)CC[C@@H]2S1(=O)=O. The van der Waals surface area contributed by atoms with Crippen LogP contribution in [0.4, 0.5) is 4.79 Å². The van der Waals surface area contributed by atoms with Crippen LogP contribution in [0.5, 0.6) is 0 Å². The minimum absolute atomic E-state index is 0.0101. The van der Waals surface area contributed by atoms with Crippen LogP contribution >= 0.6 is 0 Å². The van der Waals surface area contributed by atoms with Gasteiger partial charge >= 0.3 is 6.03 Å². The monoisotopic (exact) mass is 399 g/mol. The van der Waals surface area contributed by atoms with Gasteiger partial charge in [-0.2, -0.15) is 0 Å². The second kappa shape index (κ2) is 9.12. The first-order valence-corrected chi connectivity index (χ1v) is 12.4. The Labute approximate surface area is 165 Å². The van der Waals surface area contributed by atoms with Gasteiger partial charge in [0.05, 0.1) is 5.25 Å². The molecule has 3 aliphatic rings. The standard InChI is InChI=1S/C20H37N3O3S/c1-16(2)9-14-23-15-17-10-12-22(13-11-19(17)27(23,25)26)20(24)21-18-7-5-3-4-6-8-18/h16-19H,3-15H2,1-2H3,(H,21,24)/t17-,19-/m0/s1. The molecule has 7 heteroatoms. The van der Waals surface area contributed by atoms with E-state index in [-0.39, 0.29) is 23.2 Å². The van der Waals surface area contributed by atoms with Crippen LogP contribution in [0.25, 0.3) is 0 Å². The van der Waals surface area contributed by atoms with E-state index in [2.05, 4.69) is 19.2 Å². The molecule has 1 N–H and O–H groups in total. The van der Waals surface area contributed by atoms with E-state index in [0.717, 1.165) is 25.7 Å². The average molecular weight is 400 g/mol. The van der Waals surface area contributed by atoms with Gasteiger partial charge in [-0.1, -0.05) is 39.5 Å². The first kappa shape index (κ1) is 20.9. The third-order valence-corrected chi connectivity index (χ3v) is 9.02. The van der Waals surface area contributed by atoms with Gasteiger partial charge in [0, 0.05) is 32.2 Å². The molecule has 0 bridgehead atoms. The molecule has 2 atom stereocenters. The van der Waals surface area contributed by atoms with Gasteiger partial charge < -0.3 is 10.2 Å². The van der Waals surface area contributed by atoms with E-state index in [0.29, 0.717) is 38.5 Å². The molecule has 1 aliphatic carbocycles. The minimum Gasteiger partial charge on any atom is -0.335 e. The number of nitrogens with one attached hydrogen (secondary N) is 1. The Balaban J connectivity index is 1.55. The van der Waals surface area contributed by atoms with Crippen molar-refractivity contribution in [3.8, 4) is 0 Å². The Morgan fingerprint density at radius 1 is 1.04 bits per heavy atom. The van der Waals surface area contributed by atoms with E-state index in [1.54, 1.807) is 4.31 Å². The van der Waals surface area contributed by atoms with Gasteiger partial charge in [-0.15, -0.1) is 0 Å². The Morgan fingerprint density at radius 2 is 1.70 bits per heavy atom. The Morgan fingerprint density at radius 3 is 2.37 bits per heavy atom. The molecule has 0 aromatic rings. The molecule has 0 unspecified atom stereocenters. The number of fused-ring (bicyclic) bond motifs is 1. The van der Waals surface area contributed by atoms with Gasteiger partial charge in [0.15, 0.2) is 0 Å². The number of hydrogen-bond donors (Lipinski definition) is 1. The van der Waals surface area contributed by atoms with Gasteiger partial charge in [0.25, 0.3) is 0 Å². The zero-order valence-electron chi connectivity index (χ0n) is 17.0. The number of nitrogens with zero attached hydrogens (tertiary/aromatic N) is 2. The van der Waals surface area contributed by atoms with Crippen molar-refractivity contribution in [2.24, 2.45) is 11.8 Å². The molecular formula is C20H37N3O3S. The third-order valence-electron chi connectivity index (χ3n) is 6.59. The van der Waals surface area contributed by atoms with E-state index < -0.39 is 10.0 Å². The summed E-state index contributed by atoms with van der Waals surface area (Å²) in [6.45, 7) is 6.76. The van der Waals surface area contributed by atoms with Crippen molar-refractivity contribution in [2.45, 2.75) is 82.9 Å². The number of likely N-dealkylation sites (tertiary alicyclic amines) is 1. The topological polar surface area (TPSA) is 69.7 Å². The van der Waals surface area contributed by atoms with E-state index in [9.17, 15) is 13.2 Å². The lowest BCUT2D eigenvalue weighted by Gasteiger charge is -2.25. The summed E-state index contributed by atoms with van der Waals surface area (Å²) >= 11 is 0. The highest BCUT2D eigenvalue weighted by atomic mass is 32.2. The fourth-order valence-corrected chi connectivity index (χ4v) is 7.06. The number of hydrogen-bond acceptors (Lipinski definition) is 3. The van der Waals surface area contributed by atoms with E-state index in [1.807, 2.05) is 4.90 Å². The van der Waals surface area contributed by atoms with E-state index in [4.69, 9.17) is 0 Å². The zero-order valence-corrected chi connectivity index (χ0v) is 17.8. The Bertz CT molecular complexity index is 600. The summed E-state index contributed by atoms with van der Waals surface area (Å²) in [5, 5.41) is 2.91. The number of sulfonamides is 1. The maximum Gasteiger partial charge on any atom is 0.317 e. The summed E-state index contributed by atoms with van der Waals surface area (Å²) in [6, 6.07) is 0.300. The maximum atomic E-state index is 12.9. The van der Waals surface area contributed by atoms with Gasteiger partial charge in [-0.05, 0) is 43.9 Å². The number of amides is 2. The molecule has 156 valence electrons. The molecule has 27 heavy (non-hydrogen) atoms. The molecule has 3 rings (SSSR count). The molecular weight excluding hydrogens is 362 g/mol. The lowest BCUT2D eigenvalue weighted by Crippen LogP contribution is -2.45. The number of carbonyl (C=O) groups excluding carboxylic acids is 1. The lowest BCUT2D eigenvalue weighted by molar-refractivity contribution is 0.193. The summed E-state index contributed by atoms with van der Waals surface area (Å²) in [5.41, 5.74) is 0. The molecule has 0 aromatic heterocycles. The summed E-state index contributed by atoms with van der Waals surface area (Å²) in [6.07, 6.45) is 9.35. The smallest absolute Gasteiger partial charge is 0.317 e. The highest BCUT2D eigenvalue weighted by Crippen LogP contribution is 2.34. The van der Waals surface area contributed by atoms with Crippen LogP contribution < -0.4 is 5.32 Å². The van der Waals surface area contributed by atoms with Crippen LogP contribution in [0.1, 0.15) is 71.6 Å². The van der Waals surface area contributed by atoms with Crippen molar-refractivity contribution in [1.82, 2.24) is 14.5 Å². The van der Waals surface area contributed by atoms with Gasteiger partial charge in [0.1, 0.15) is 0 Å². The normalized spacial score (nSPS) is 30.0. The second-order valence-corrected chi connectivity index (χ2v) is 11.2. The largest absolute Gasteiger partial charge is 0.335 e. The van der Waals surface area contributed by atoms with Crippen LogP contribution in [-0.2, 0) is 10.0 Å². The predicted molar refractivity (Wildman–Crippen MR) is 108 cm³/mol. The average Bonchev–Trinajstić information content (AvgIpc) is 2.87. The molecule has 1 saturated carbocycles. The summed E-state index contributed by atoms with van der Waals surface area (Å²) in [4.78, 5) is 14.6. The van der Waals surface area contributed by atoms with Gasteiger partial charge in [0.2, 0.25) is 10.0 Å². The first-order valence-electron chi connectivity index (χ1n) is 10.9. The van der Waals surface area contributed by atoms with E-state index >= 15 is 0 Å². The van der Waals surface area contributed by atoms with Crippen LogP contribution in [0.3, 0.4) is 0 Å². The predicted octanol–water partition coefficient (Wildman–Crippen LogP) is 3.19. The quantitative estimate of drug-likeness (QED) is 0.738. The third kappa shape index (κ3) is 5.17. The molecule has 0 radical (unpaired) electrons. The fourth-order valence-electron chi connectivity index (χ4n) is 4.81. The molecule has 3 fully saturated rings. The number of carbonyl (C=O) groups is 1. The van der Waals surface area contributed by atoms with Crippen LogP contribution in [0.2, 0.25) is 0 Å². The Hall–Kier alpha value is -0.820. The van der Waals surface area contributed by atoms with Crippen molar-refractivity contribution in [1.29, 1.82) is 0 Å². The molecule has 0 aromatic carbocycles.